The number of pyridine rings is 1. The van der Waals surface area contributed by atoms with Crippen LogP contribution in [0.4, 0.5) is 5.82 Å². The van der Waals surface area contributed by atoms with Crippen LogP contribution in [0.3, 0.4) is 0 Å². The van der Waals surface area contributed by atoms with Gasteiger partial charge in [-0.3, -0.25) is 4.79 Å². The number of carbonyl (C=O) groups excluding carboxylic acids is 1. The van der Waals surface area contributed by atoms with E-state index in [1.807, 2.05) is 42.3 Å². The summed E-state index contributed by atoms with van der Waals surface area (Å²) in [5, 5.41) is 5.15. The summed E-state index contributed by atoms with van der Waals surface area (Å²) in [4.78, 5) is 17.9. The Morgan fingerprint density at radius 2 is 2.15 bits per heavy atom. The molecule has 1 aromatic carbocycles. The zero-order valence-electron chi connectivity index (χ0n) is 11.1. The Bertz CT molecular complexity index is 737. The standard InChI is InChI=1S/C16H14N2OS/c1-18(9-12-6-7-20-11-12)16-14(10-19)8-13-4-2-3-5-15(13)17-16/h2-8,10-11H,9H2,1H3. The average molecular weight is 282 g/mol. The molecule has 0 bridgehead atoms. The SMILES string of the molecule is CN(Cc1ccsc1)c1nc2ccccc2cc1C=O. The first kappa shape index (κ1) is 12.8. The van der Waals surface area contributed by atoms with E-state index in [4.69, 9.17) is 0 Å². The van der Waals surface area contributed by atoms with Gasteiger partial charge in [-0.15, -0.1) is 0 Å². The third-order valence-electron chi connectivity index (χ3n) is 3.22. The van der Waals surface area contributed by atoms with Crippen molar-refractivity contribution in [2.75, 3.05) is 11.9 Å². The fraction of sp³-hybridized carbons (Fsp3) is 0.125. The van der Waals surface area contributed by atoms with Gasteiger partial charge >= 0.3 is 0 Å². The van der Waals surface area contributed by atoms with Crippen molar-refractivity contribution in [2.24, 2.45) is 0 Å². The molecule has 0 aliphatic heterocycles. The summed E-state index contributed by atoms with van der Waals surface area (Å²) in [5.74, 6) is 0.727. The molecule has 0 atom stereocenters. The highest BCUT2D eigenvalue weighted by Crippen LogP contribution is 2.23. The van der Waals surface area contributed by atoms with Gasteiger partial charge < -0.3 is 4.90 Å². The van der Waals surface area contributed by atoms with Crippen molar-refractivity contribution in [1.29, 1.82) is 0 Å². The first-order chi connectivity index (χ1) is 9.78. The van der Waals surface area contributed by atoms with Crippen LogP contribution in [0.25, 0.3) is 10.9 Å². The van der Waals surface area contributed by atoms with Crippen LogP contribution in [0, 0.1) is 0 Å². The number of anilines is 1. The first-order valence-corrected chi connectivity index (χ1v) is 7.29. The van der Waals surface area contributed by atoms with Gasteiger partial charge in [0.2, 0.25) is 0 Å². The molecule has 3 rings (SSSR count). The van der Waals surface area contributed by atoms with E-state index in [0.29, 0.717) is 5.56 Å². The smallest absolute Gasteiger partial charge is 0.153 e. The number of fused-ring (bicyclic) bond motifs is 1. The lowest BCUT2D eigenvalue weighted by Crippen LogP contribution is -2.19. The molecule has 0 N–H and O–H groups in total. The molecule has 0 spiro atoms. The molecular weight excluding hydrogens is 268 g/mol. The van der Waals surface area contributed by atoms with Gasteiger partial charge in [-0.1, -0.05) is 18.2 Å². The van der Waals surface area contributed by atoms with Crippen LogP contribution >= 0.6 is 11.3 Å². The van der Waals surface area contributed by atoms with Gasteiger partial charge in [-0.05, 0) is 34.5 Å². The molecule has 100 valence electrons. The third kappa shape index (κ3) is 2.42. The summed E-state index contributed by atoms with van der Waals surface area (Å²) in [6.07, 6.45) is 0.874. The molecule has 0 saturated carbocycles. The van der Waals surface area contributed by atoms with E-state index in [0.717, 1.165) is 29.6 Å². The van der Waals surface area contributed by atoms with E-state index in [1.165, 1.54) is 5.56 Å². The Morgan fingerprint density at radius 3 is 2.90 bits per heavy atom. The second-order valence-corrected chi connectivity index (χ2v) is 5.48. The van der Waals surface area contributed by atoms with E-state index in [-0.39, 0.29) is 0 Å². The van der Waals surface area contributed by atoms with Crippen LogP contribution in [-0.2, 0) is 6.54 Å². The lowest BCUT2D eigenvalue weighted by molar-refractivity contribution is 0.112. The lowest BCUT2D eigenvalue weighted by atomic mass is 10.1. The van der Waals surface area contributed by atoms with Crippen molar-refractivity contribution < 1.29 is 4.79 Å². The minimum Gasteiger partial charge on any atom is -0.355 e. The summed E-state index contributed by atoms with van der Waals surface area (Å²) in [7, 11) is 1.96. The second kappa shape index (κ2) is 5.43. The summed E-state index contributed by atoms with van der Waals surface area (Å²) in [5.41, 5.74) is 2.76. The van der Waals surface area contributed by atoms with Gasteiger partial charge in [0.25, 0.3) is 0 Å². The van der Waals surface area contributed by atoms with Gasteiger partial charge in [0.1, 0.15) is 5.82 Å². The zero-order valence-corrected chi connectivity index (χ0v) is 11.9. The number of carbonyl (C=O) groups is 1. The zero-order chi connectivity index (χ0) is 13.9. The Hall–Kier alpha value is -2.20. The van der Waals surface area contributed by atoms with Gasteiger partial charge in [0, 0.05) is 19.0 Å². The van der Waals surface area contributed by atoms with Crippen molar-refractivity contribution in [3.05, 3.63) is 58.3 Å². The summed E-state index contributed by atoms with van der Waals surface area (Å²) < 4.78 is 0. The van der Waals surface area contributed by atoms with Crippen LogP contribution in [0.15, 0.2) is 47.2 Å². The molecule has 20 heavy (non-hydrogen) atoms. The number of hydrogen-bond donors (Lipinski definition) is 0. The van der Waals surface area contributed by atoms with Gasteiger partial charge in [0.15, 0.2) is 6.29 Å². The Labute approximate surface area is 121 Å². The molecule has 0 fully saturated rings. The van der Waals surface area contributed by atoms with E-state index in [9.17, 15) is 4.79 Å². The number of nitrogens with zero attached hydrogens (tertiary/aromatic N) is 2. The van der Waals surface area contributed by atoms with Crippen molar-refractivity contribution in [3.63, 3.8) is 0 Å². The highest BCUT2D eigenvalue weighted by atomic mass is 32.1. The molecular formula is C16H14N2OS. The van der Waals surface area contributed by atoms with Crippen LogP contribution < -0.4 is 4.90 Å². The van der Waals surface area contributed by atoms with Crippen molar-refractivity contribution in [2.45, 2.75) is 6.54 Å². The summed E-state index contributed by atoms with van der Waals surface area (Å²) in [6, 6.07) is 11.8. The van der Waals surface area contributed by atoms with E-state index < -0.39 is 0 Å². The number of para-hydroxylation sites is 1. The Balaban J connectivity index is 2.02. The second-order valence-electron chi connectivity index (χ2n) is 4.70. The third-order valence-corrected chi connectivity index (χ3v) is 3.95. The molecule has 0 saturated heterocycles. The summed E-state index contributed by atoms with van der Waals surface area (Å²) >= 11 is 1.67. The number of hydrogen-bond acceptors (Lipinski definition) is 4. The first-order valence-electron chi connectivity index (χ1n) is 6.35. The lowest BCUT2D eigenvalue weighted by Gasteiger charge is -2.19. The predicted molar refractivity (Wildman–Crippen MR) is 83.6 cm³/mol. The van der Waals surface area contributed by atoms with Gasteiger partial charge in [-0.25, -0.2) is 4.98 Å². The number of aromatic nitrogens is 1. The van der Waals surface area contributed by atoms with E-state index in [1.54, 1.807) is 11.3 Å². The topological polar surface area (TPSA) is 33.2 Å². The minimum absolute atomic E-state index is 0.626. The maximum absolute atomic E-state index is 11.3. The van der Waals surface area contributed by atoms with Crippen LogP contribution in [-0.4, -0.2) is 18.3 Å². The highest BCUT2D eigenvalue weighted by molar-refractivity contribution is 7.07. The quantitative estimate of drug-likeness (QED) is 0.683. The van der Waals surface area contributed by atoms with Crippen LogP contribution in [0.1, 0.15) is 15.9 Å². The van der Waals surface area contributed by atoms with Crippen LogP contribution in [0.2, 0.25) is 0 Å². The van der Waals surface area contributed by atoms with Crippen molar-refractivity contribution in [1.82, 2.24) is 4.98 Å². The predicted octanol–water partition coefficient (Wildman–Crippen LogP) is 3.75. The minimum atomic E-state index is 0.626. The largest absolute Gasteiger partial charge is 0.355 e. The Morgan fingerprint density at radius 1 is 1.30 bits per heavy atom. The van der Waals surface area contributed by atoms with Crippen molar-refractivity contribution >= 4 is 34.3 Å². The van der Waals surface area contributed by atoms with Gasteiger partial charge in [0.05, 0.1) is 11.1 Å². The maximum Gasteiger partial charge on any atom is 0.153 e. The normalized spacial score (nSPS) is 10.7. The molecule has 4 heteroatoms. The monoisotopic (exact) mass is 282 g/mol. The molecule has 0 aliphatic carbocycles. The summed E-state index contributed by atoms with van der Waals surface area (Å²) in [6.45, 7) is 0.746. The molecule has 0 radical (unpaired) electrons. The number of aldehydes is 1. The van der Waals surface area contributed by atoms with E-state index in [2.05, 4.69) is 21.8 Å². The molecule has 3 aromatic rings. The Kier molecular flexibility index (Phi) is 3.48. The number of thiophene rings is 1. The highest BCUT2D eigenvalue weighted by Gasteiger charge is 2.11. The van der Waals surface area contributed by atoms with Crippen LogP contribution in [0.5, 0.6) is 0 Å². The molecule has 0 aliphatic rings. The van der Waals surface area contributed by atoms with Gasteiger partial charge in [-0.2, -0.15) is 11.3 Å². The fourth-order valence-corrected chi connectivity index (χ4v) is 2.91. The fourth-order valence-electron chi connectivity index (χ4n) is 2.25. The molecule has 2 heterocycles. The number of benzene rings is 1. The maximum atomic E-state index is 11.3. The van der Waals surface area contributed by atoms with Crippen molar-refractivity contribution in [3.8, 4) is 0 Å². The molecule has 0 unspecified atom stereocenters. The molecule has 0 amide bonds. The average Bonchev–Trinajstić information content (AvgIpc) is 2.98. The molecule has 3 nitrogen and oxygen atoms in total. The number of rotatable bonds is 4. The van der Waals surface area contributed by atoms with E-state index >= 15 is 0 Å². The molecule has 2 aromatic heterocycles.